The van der Waals surface area contributed by atoms with E-state index in [2.05, 4.69) is 10.3 Å². The van der Waals surface area contributed by atoms with Crippen LogP contribution < -0.4 is 5.32 Å². The second kappa shape index (κ2) is 9.11. The number of carbonyl (C=O) groups excluding carboxylic acids is 2. The molecule has 156 valence electrons. The molecule has 0 aliphatic carbocycles. The van der Waals surface area contributed by atoms with Gasteiger partial charge in [0.25, 0.3) is 5.91 Å². The number of hydrogen-bond donors (Lipinski definition) is 2. The van der Waals surface area contributed by atoms with Crippen molar-refractivity contribution >= 4 is 22.7 Å². The normalized spacial score (nSPS) is 16.6. The number of H-pyrrole nitrogens is 1. The summed E-state index contributed by atoms with van der Waals surface area (Å²) in [5, 5.41) is 3.88. The highest BCUT2D eigenvalue weighted by Crippen LogP contribution is 2.23. The second-order valence-corrected chi connectivity index (χ2v) is 7.95. The van der Waals surface area contributed by atoms with Gasteiger partial charge >= 0.3 is 0 Å². The van der Waals surface area contributed by atoms with Crippen LogP contribution in [0.2, 0.25) is 0 Å². The highest BCUT2D eigenvalue weighted by molar-refractivity contribution is 5.98. The summed E-state index contributed by atoms with van der Waals surface area (Å²) in [5.41, 5.74) is 2.13. The molecule has 2 amide bonds. The van der Waals surface area contributed by atoms with Crippen molar-refractivity contribution in [3.05, 3.63) is 71.7 Å². The van der Waals surface area contributed by atoms with Crippen molar-refractivity contribution in [2.45, 2.75) is 32.2 Å². The fourth-order valence-corrected chi connectivity index (χ4v) is 4.11. The van der Waals surface area contributed by atoms with Gasteiger partial charge in [0.15, 0.2) is 0 Å². The van der Waals surface area contributed by atoms with Gasteiger partial charge in [0, 0.05) is 48.9 Å². The maximum atomic E-state index is 13.7. The van der Waals surface area contributed by atoms with Crippen LogP contribution in [-0.4, -0.2) is 34.8 Å². The van der Waals surface area contributed by atoms with Gasteiger partial charge in [0.05, 0.1) is 0 Å². The molecular formula is C24H26FN3O2. The second-order valence-electron chi connectivity index (χ2n) is 7.95. The molecule has 0 radical (unpaired) electrons. The molecule has 2 N–H and O–H groups in total. The lowest BCUT2D eigenvalue weighted by Gasteiger charge is -2.33. The highest BCUT2D eigenvalue weighted by atomic mass is 19.1. The molecule has 4 rings (SSSR count). The molecule has 1 aliphatic rings. The van der Waals surface area contributed by atoms with E-state index in [4.69, 9.17) is 0 Å². The van der Waals surface area contributed by atoms with Crippen molar-refractivity contribution in [3.8, 4) is 0 Å². The molecule has 1 aromatic heterocycles. The maximum absolute atomic E-state index is 13.7. The van der Waals surface area contributed by atoms with Gasteiger partial charge < -0.3 is 15.2 Å². The van der Waals surface area contributed by atoms with Crippen molar-refractivity contribution in [2.24, 2.45) is 5.92 Å². The average molecular weight is 407 g/mol. The van der Waals surface area contributed by atoms with E-state index >= 15 is 0 Å². The van der Waals surface area contributed by atoms with Crippen molar-refractivity contribution in [2.75, 3.05) is 13.1 Å². The Kier molecular flexibility index (Phi) is 6.12. The molecule has 5 nitrogen and oxygen atoms in total. The highest BCUT2D eigenvalue weighted by Gasteiger charge is 2.25. The van der Waals surface area contributed by atoms with Gasteiger partial charge in [-0.3, -0.25) is 9.59 Å². The third kappa shape index (κ3) is 4.70. The summed E-state index contributed by atoms with van der Waals surface area (Å²) in [6, 6.07) is 14.2. The van der Waals surface area contributed by atoms with E-state index in [-0.39, 0.29) is 24.2 Å². The molecule has 6 heteroatoms. The molecule has 1 fully saturated rings. The number of fused-ring (bicyclic) bond motifs is 1. The van der Waals surface area contributed by atoms with Crippen molar-refractivity contribution in [3.63, 3.8) is 0 Å². The topological polar surface area (TPSA) is 65.2 Å². The van der Waals surface area contributed by atoms with E-state index in [0.717, 1.165) is 36.7 Å². The number of benzene rings is 2. The molecule has 0 spiro atoms. The number of aromatic nitrogens is 1. The van der Waals surface area contributed by atoms with E-state index in [1.54, 1.807) is 18.2 Å². The Morgan fingerprint density at radius 1 is 1.17 bits per heavy atom. The zero-order valence-electron chi connectivity index (χ0n) is 16.9. The van der Waals surface area contributed by atoms with Gasteiger partial charge in [0.2, 0.25) is 5.91 Å². The lowest BCUT2D eigenvalue weighted by Crippen LogP contribution is -2.40. The van der Waals surface area contributed by atoms with E-state index in [1.165, 1.54) is 6.07 Å². The first-order valence-electron chi connectivity index (χ1n) is 10.5. The van der Waals surface area contributed by atoms with Crippen LogP contribution in [0, 0.1) is 11.7 Å². The Balaban J connectivity index is 1.27. The quantitative estimate of drug-likeness (QED) is 0.641. The van der Waals surface area contributed by atoms with Crippen molar-refractivity contribution < 1.29 is 14.0 Å². The molecular weight excluding hydrogens is 381 g/mol. The third-order valence-corrected chi connectivity index (χ3v) is 5.82. The molecule has 0 unspecified atom stereocenters. The Bertz CT molecular complexity index is 1050. The van der Waals surface area contributed by atoms with Gasteiger partial charge in [-0.2, -0.15) is 0 Å². The van der Waals surface area contributed by atoms with Crippen LogP contribution in [0.5, 0.6) is 0 Å². The summed E-state index contributed by atoms with van der Waals surface area (Å²) in [6.45, 7) is 1.61. The summed E-state index contributed by atoms with van der Waals surface area (Å²) >= 11 is 0. The molecule has 1 atom stereocenters. The number of likely N-dealkylation sites (tertiary alicyclic amines) is 1. The van der Waals surface area contributed by atoms with Crippen LogP contribution in [-0.2, 0) is 11.3 Å². The fourth-order valence-electron chi connectivity index (χ4n) is 4.11. The first-order valence-corrected chi connectivity index (χ1v) is 10.5. The van der Waals surface area contributed by atoms with Crippen LogP contribution in [0.3, 0.4) is 0 Å². The van der Waals surface area contributed by atoms with E-state index in [1.807, 2.05) is 35.4 Å². The molecule has 1 aliphatic heterocycles. The zero-order valence-corrected chi connectivity index (χ0v) is 16.9. The Labute approximate surface area is 175 Å². The third-order valence-electron chi connectivity index (χ3n) is 5.82. The molecule has 0 bridgehead atoms. The van der Waals surface area contributed by atoms with Crippen molar-refractivity contribution in [1.82, 2.24) is 15.2 Å². The monoisotopic (exact) mass is 407 g/mol. The van der Waals surface area contributed by atoms with Crippen LogP contribution in [0.1, 0.15) is 41.6 Å². The lowest BCUT2D eigenvalue weighted by molar-refractivity contribution is -0.121. The van der Waals surface area contributed by atoms with E-state index < -0.39 is 0 Å². The Morgan fingerprint density at radius 2 is 2.03 bits per heavy atom. The number of piperidine rings is 1. The van der Waals surface area contributed by atoms with E-state index in [0.29, 0.717) is 30.0 Å². The molecule has 3 aromatic rings. The van der Waals surface area contributed by atoms with Crippen molar-refractivity contribution in [1.29, 1.82) is 0 Å². The summed E-state index contributed by atoms with van der Waals surface area (Å²) in [7, 11) is 0. The van der Waals surface area contributed by atoms with Crippen LogP contribution in [0.4, 0.5) is 4.39 Å². The minimum atomic E-state index is -0.309. The van der Waals surface area contributed by atoms with Crippen LogP contribution in [0.15, 0.2) is 54.7 Å². The number of rotatable bonds is 6. The number of hydrogen-bond acceptors (Lipinski definition) is 2. The van der Waals surface area contributed by atoms with Gasteiger partial charge in [-0.25, -0.2) is 4.39 Å². The van der Waals surface area contributed by atoms with Gasteiger partial charge in [0.1, 0.15) is 5.82 Å². The minimum absolute atomic E-state index is 0.0419. The summed E-state index contributed by atoms with van der Waals surface area (Å²) in [5.74, 6) is -0.0491. The fraction of sp³-hybridized carbons (Fsp3) is 0.333. The number of nitrogens with zero attached hydrogens (tertiary/aromatic N) is 1. The largest absolute Gasteiger partial charge is 0.361 e. The molecule has 0 saturated carbocycles. The Morgan fingerprint density at radius 3 is 2.90 bits per heavy atom. The number of nitrogens with one attached hydrogen (secondary N) is 2. The first kappa shape index (κ1) is 20.1. The minimum Gasteiger partial charge on any atom is -0.361 e. The van der Waals surface area contributed by atoms with E-state index in [9.17, 15) is 14.0 Å². The van der Waals surface area contributed by atoms with Crippen LogP contribution in [0.25, 0.3) is 10.9 Å². The first-order chi connectivity index (χ1) is 14.6. The predicted molar refractivity (Wildman–Crippen MR) is 114 cm³/mol. The summed E-state index contributed by atoms with van der Waals surface area (Å²) in [4.78, 5) is 30.2. The SMILES string of the molecule is O=C(CC[C@@H]1CCCN(C(=O)c2ccc3cc[nH]c3c2)C1)NCc1ccccc1F. The predicted octanol–water partition coefficient (Wildman–Crippen LogP) is 4.26. The van der Waals surface area contributed by atoms with Gasteiger partial charge in [-0.15, -0.1) is 0 Å². The zero-order chi connectivity index (χ0) is 20.9. The maximum Gasteiger partial charge on any atom is 0.253 e. The lowest BCUT2D eigenvalue weighted by atomic mass is 9.92. The Hall–Kier alpha value is -3.15. The standard InChI is InChI=1S/C24H26FN3O2/c25-21-6-2-1-5-20(21)15-27-23(29)10-7-17-4-3-13-28(16-17)24(30)19-9-8-18-11-12-26-22(18)14-19/h1-2,5-6,8-9,11-12,14,17,26H,3-4,7,10,13,15-16H2,(H,27,29)/t17-/m0/s1. The molecule has 2 heterocycles. The molecule has 30 heavy (non-hydrogen) atoms. The number of carbonyl (C=O) groups is 2. The smallest absolute Gasteiger partial charge is 0.253 e. The average Bonchev–Trinajstić information content (AvgIpc) is 3.25. The summed E-state index contributed by atoms with van der Waals surface area (Å²) in [6.07, 6.45) is 4.93. The van der Waals surface area contributed by atoms with Gasteiger partial charge in [-0.1, -0.05) is 24.3 Å². The summed E-state index contributed by atoms with van der Waals surface area (Å²) < 4.78 is 13.7. The van der Waals surface area contributed by atoms with Gasteiger partial charge in [-0.05, 0) is 54.8 Å². The number of halogens is 1. The van der Waals surface area contributed by atoms with Crippen LogP contribution >= 0.6 is 0 Å². The molecule has 2 aromatic carbocycles. The number of aromatic amines is 1. The molecule has 1 saturated heterocycles. The number of amides is 2.